The lowest BCUT2D eigenvalue weighted by Gasteiger charge is -2.36. The quantitative estimate of drug-likeness (QED) is 0.767. The highest BCUT2D eigenvalue weighted by Gasteiger charge is 2.26. The Balaban J connectivity index is 2.41. The zero-order chi connectivity index (χ0) is 12.3. The molecule has 0 aromatic rings. The first kappa shape index (κ1) is 13.5. The average Bonchev–Trinajstić information content (AvgIpc) is 2.11. The van der Waals surface area contributed by atoms with Gasteiger partial charge in [0.1, 0.15) is 0 Å². The number of rotatable bonds is 2. The Morgan fingerprint density at radius 3 is 2.25 bits per heavy atom. The van der Waals surface area contributed by atoms with Gasteiger partial charge in [-0.1, -0.05) is 0 Å². The van der Waals surface area contributed by atoms with E-state index in [0.717, 1.165) is 0 Å². The summed E-state index contributed by atoms with van der Waals surface area (Å²) in [7, 11) is 0. The summed E-state index contributed by atoms with van der Waals surface area (Å²) in [5.74, 6) is 0.164. The molecule has 94 valence electrons. The number of amides is 1. The number of ether oxygens (including phenoxy) is 1. The first-order chi connectivity index (χ1) is 7.28. The van der Waals surface area contributed by atoms with E-state index in [9.17, 15) is 4.79 Å². The number of hydrogen-bond donors (Lipinski definition) is 1. The Labute approximate surface area is 98.3 Å². The first-order valence-corrected chi connectivity index (χ1v) is 5.96. The zero-order valence-electron chi connectivity index (χ0n) is 11.0. The maximum atomic E-state index is 11.9. The molecular weight excluding hydrogens is 204 g/mol. The molecule has 0 aromatic carbocycles. The molecule has 1 aliphatic rings. The van der Waals surface area contributed by atoms with Crippen LogP contribution in [0.4, 0.5) is 0 Å². The molecule has 2 atom stereocenters. The Morgan fingerprint density at radius 1 is 1.31 bits per heavy atom. The maximum Gasteiger partial charge on any atom is 0.236 e. The van der Waals surface area contributed by atoms with Crippen molar-refractivity contribution in [1.82, 2.24) is 10.2 Å². The van der Waals surface area contributed by atoms with Crippen LogP contribution in [0.1, 0.15) is 34.6 Å². The number of carbonyl (C=O) groups excluding carboxylic acids is 1. The lowest BCUT2D eigenvalue weighted by molar-refractivity contribution is -0.142. The van der Waals surface area contributed by atoms with Gasteiger partial charge in [0, 0.05) is 18.6 Å². The van der Waals surface area contributed by atoms with Gasteiger partial charge in [-0.05, 0) is 34.6 Å². The van der Waals surface area contributed by atoms with Crippen LogP contribution in [0.2, 0.25) is 0 Å². The van der Waals surface area contributed by atoms with Crippen molar-refractivity contribution in [2.24, 2.45) is 0 Å². The summed E-state index contributed by atoms with van der Waals surface area (Å²) in [6.07, 6.45) is 0.282. The fourth-order valence-electron chi connectivity index (χ4n) is 1.83. The van der Waals surface area contributed by atoms with Gasteiger partial charge in [-0.3, -0.25) is 4.79 Å². The van der Waals surface area contributed by atoms with E-state index < -0.39 is 0 Å². The van der Waals surface area contributed by atoms with Crippen LogP contribution in [-0.4, -0.2) is 48.2 Å². The number of nitrogens with one attached hydrogen (secondary N) is 1. The predicted octanol–water partition coefficient (Wildman–Crippen LogP) is 1.01. The summed E-state index contributed by atoms with van der Waals surface area (Å²) in [4.78, 5) is 13.8. The van der Waals surface area contributed by atoms with Gasteiger partial charge in [-0.2, -0.15) is 0 Å². The maximum absolute atomic E-state index is 11.9. The van der Waals surface area contributed by atoms with Crippen molar-refractivity contribution in [3.05, 3.63) is 0 Å². The lowest BCUT2D eigenvalue weighted by atomic mass is 10.1. The van der Waals surface area contributed by atoms with Crippen molar-refractivity contribution < 1.29 is 9.53 Å². The highest BCUT2D eigenvalue weighted by molar-refractivity contribution is 5.78. The van der Waals surface area contributed by atoms with Gasteiger partial charge in [-0.25, -0.2) is 0 Å². The fraction of sp³-hybridized carbons (Fsp3) is 0.917. The van der Waals surface area contributed by atoms with E-state index >= 15 is 0 Å². The van der Waals surface area contributed by atoms with Crippen molar-refractivity contribution >= 4 is 5.91 Å². The molecule has 1 N–H and O–H groups in total. The summed E-state index contributed by atoms with van der Waals surface area (Å²) < 4.78 is 5.60. The second kappa shape index (κ2) is 5.15. The third-order valence-electron chi connectivity index (χ3n) is 2.54. The summed E-state index contributed by atoms with van der Waals surface area (Å²) >= 11 is 0. The average molecular weight is 228 g/mol. The Morgan fingerprint density at radius 2 is 1.81 bits per heavy atom. The van der Waals surface area contributed by atoms with Crippen LogP contribution in [0.15, 0.2) is 0 Å². The van der Waals surface area contributed by atoms with Gasteiger partial charge in [0.25, 0.3) is 0 Å². The lowest BCUT2D eigenvalue weighted by Crippen LogP contribution is -2.52. The van der Waals surface area contributed by atoms with Crippen LogP contribution >= 0.6 is 0 Å². The molecule has 1 amide bonds. The summed E-state index contributed by atoms with van der Waals surface area (Å²) in [6, 6.07) is 0. The second-order valence-corrected chi connectivity index (χ2v) is 5.66. The van der Waals surface area contributed by atoms with Crippen molar-refractivity contribution in [3.63, 3.8) is 0 Å². The van der Waals surface area contributed by atoms with E-state index in [1.165, 1.54) is 0 Å². The van der Waals surface area contributed by atoms with Crippen molar-refractivity contribution in [1.29, 1.82) is 0 Å². The molecule has 1 rings (SSSR count). The minimum Gasteiger partial charge on any atom is -0.372 e. The molecule has 0 radical (unpaired) electrons. The van der Waals surface area contributed by atoms with Gasteiger partial charge >= 0.3 is 0 Å². The fourth-order valence-corrected chi connectivity index (χ4v) is 1.83. The number of hydrogen-bond acceptors (Lipinski definition) is 3. The summed E-state index contributed by atoms with van der Waals surface area (Å²) in [6.45, 7) is 12.0. The largest absolute Gasteiger partial charge is 0.372 e. The van der Waals surface area contributed by atoms with E-state index in [-0.39, 0.29) is 23.7 Å². The van der Waals surface area contributed by atoms with Crippen molar-refractivity contribution in [3.8, 4) is 0 Å². The third-order valence-corrected chi connectivity index (χ3v) is 2.54. The molecule has 1 heterocycles. The normalized spacial score (nSPS) is 26.9. The smallest absolute Gasteiger partial charge is 0.236 e. The number of carbonyl (C=O) groups is 1. The highest BCUT2D eigenvalue weighted by Crippen LogP contribution is 2.10. The SMILES string of the molecule is CC1CN(C(=O)CNC(C)(C)C)CC(C)O1. The van der Waals surface area contributed by atoms with Crippen molar-refractivity contribution in [2.45, 2.75) is 52.4 Å². The van der Waals surface area contributed by atoms with Gasteiger partial charge in [-0.15, -0.1) is 0 Å². The molecule has 4 nitrogen and oxygen atoms in total. The van der Waals surface area contributed by atoms with Gasteiger partial charge in [0.2, 0.25) is 5.91 Å². The molecule has 16 heavy (non-hydrogen) atoms. The predicted molar refractivity (Wildman–Crippen MR) is 64.3 cm³/mol. The van der Waals surface area contributed by atoms with Gasteiger partial charge in [0.05, 0.1) is 18.8 Å². The van der Waals surface area contributed by atoms with Gasteiger partial charge < -0.3 is 15.0 Å². The van der Waals surface area contributed by atoms with Crippen LogP contribution in [-0.2, 0) is 9.53 Å². The van der Waals surface area contributed by atoms with Crippen LogP contribution < -0.4 is 5.32 Å². The number of morpholine rings is 1. The molecule has 2 unspecified atom stereocenters. The minimum atomic E-state index is -0.0147. The first-order valence-electron chi connectivity index (χ1n) is 5.96. The monoisotopic (exact) mass is 228 g/mol. The van der Waals surface area contributed by atoms with E-state index in [4.69, 9.17) is 4.74 Å². The standard InChI is InChI=1S/C12H24N2O2/c1-9-7-14(8-10(2)16-9)11(15)6-13-12(3,4)5/h9-10,13H,6-8H2,1-5H3. The molecule has 0 spiro atoms. The number of nitrogens with zero attached hydrogens (tertiary/aromatic N) is 1. The van der Waals surface area contributed by atoms with E-state index in [1.54, 1.807) is 0 Å². The summed E-state index contributed by atoms with van der Waals surface area (Å²) in [5, 5.41) is 3.22. The van der Waals surface area contributed by atoms with Gasteiger partial charge in [0.15, 0.2) is 0 Å². The molecule has 1 saturated heterocycles. The molecule has 4 heteroatoms. The van der Waals surface area contributed by atoms with E-state index in [0.29, 0.717) is 19.6 Å². The van der Waals surface area contributed by atoms with Crippen LogP contribution in [0.5, 0.6) is 0 Å². The van der Waals surface area contributed by atoms with Crippen LogP contribution in [0.3, 0.4) is 0 Å². The molecule has 1 aliphatic heterocycles. The van der Waals surface area contributed by atoms with Crippen molar-refractivity contribution in [2.75, 3.05) is 19.6 Å². The summed E-state index contributed by atoms with van der Waals surface area (Å²) in [5.41, 5.74) is -0.0147. The Hall–Kier alpha value is -0.610. The third kappa shape index (κ3) is 4.49. The Bertz CT molecular complexity index is 238. The molecular formula is C12H24N2O2. The molecule has 0 saturated carbocycles. The van der Waals surface area contributed by atoms with Crippen LogP contribution in [0.25, 0.3) is 0 Å². The molecule has 0 aromatic heterocycles. The highest BCUT2D eigenvalue weighted by atomic mass is 16.5. The zero-order valence-corrected chi connectivity index (χ0v) is 11.0. The molecule has 1 fully saturated rings. The second-order valence-electron chi connectivity index (χ2n) is 5.66. The molecule has 0 bridgehead atoms. The minimum absolute atomic E-state index is 0.0147. The van der Waals surface area contributed by atoms with Crippen LogP contribution in [0, 0.1) is 0 Å². The molecule has 0 aliphatic carbocycles. The Kier molecular flexibility index (Phi) is 4.33. The van der Waals surface area contributed by atoms with E-state index in [2.05, 4.69) is 26.1 Å². The topological polar surface area (TPSA) is 41.6 Å². The van der Waals surface area contributed by atoms with E-state index in [1.807, 2.05) is 18.7 Å².